The van der Waals surface area contributed by atoms with Gasteiger partial charge in [-0.2, -0.15) is 4.98 Å². The van der Waals surface area contributed by atoms with Crippen LogP contribution in [-0.4, -0.2) is 61.0 Å². The molecule has 0 spiro atoms. The number of nitrogens with zero attached hydrogens (tertiary/aromatic N) is 3. The van der Waals surface area contributed by atoms with E-state index in [1.54, 1.807) is 19.2 Å². The molecule has 1 fully saturated rings. The van der Waals surface area contributed by atoms with Gasteiger partial charge in [-0.25, -0.2) is 4.39 Å². The van der Waals surface area contributed by atoms with Crippen LogP contribution < -0.4 is 0 Å². The van der Waals surface area contributed by atoms with E-state index in [9.17, 15) is 9.18 Å². The molecular weight excluding hydrogens is 365 g/mol. The van der Waals surface area contributed by atoms with Gasteiger partial charge < -0.3 is 18.9 Å². The van der Waals surface area contributed by atoms with Crippen LogP contribution in [0.15, 0.2) is 28.8 Å². The summed E-state index contributed by atoms with van der Waals surface area (Å²) in [6, 6.07) is 5.99. The Balaban J connectivity index is 1.39. The van der Waals surface area contributed by atoms with Crippen LogP contribution in [0.3, 0.4) is 0 Å². The second-order valence-electron chi connectivity index (χ2n) is 6.93. The molecule has 3 rings (SSSR count). The van der Waals surface area contributed by atoms with Gasteiger partial charge in [-0.1, -0.05) is 5.16 Å². The summed E-state index contributed by atoms with van der Waals surface area (Å²) in [6.07, 6.45) is 3.61. The minimum absolute atomic E-state index is 0.0386. The lowest BCUT2D eigenvalue weighted by Crippen LogP contribution is -2.40. The summed E-state index contributed by atoms with van der Waals surface area (Å²) in [5.74, 6) is 1.34. The molecule has 0 radical (unpaired) electrons. The van der Waals surface area contributed by atoms with Crippen molar-refractivity contribution in [1.82, 2.24) is 15.0 Å². The summed E-state index contributed by atoms with van der Waals surface area (Å²) in [5, 5.41) is 4.02. The fourth-order valence-corrected chi connectivity index (χ4v) is 3.26. The van der Waals surface area contributed by atoms with Crippen molar-refractivity contribution < 1.29 is 23.2 Å². The summed E-state index contributed by atoms with van der Waals surface area (Å²) in [5.41, 5.74) is 0.708. The van der Waals surface area contributed by atoms with E-state index >= 15 is 0 Å². The molecule has 1 aromatic carbocycles. The summed E-state index contributed by atoms with van der Waals surface area (Å²) in [4.78, 5) is 18.4. The molecule has 152 valence electrons. The first-order chi connectivity index (χ1) is 13.7. The number of rotatable bonds is 9. The van der Waals surface area contributed by atoms with Crippen molar-refractivity contribution in [2.24, 2.45) is 5.92 Å². The van der Waals surface area contributed by atoms with Crippen molar-refractivity contribution in [3.8, 4) is 11.5 Å². The van der Waals surface area contributed by atoms with E-state index in [0.29, 0.717) is 36.4 Å². The minimum atomic E-state index is -0.296. The number of carbonyl (C=O) groups excluding carboxylic acids is 1. The Kier molecular flexibility index (Phi) is 7.50. The Bertz CT molecular complexity index is 742. The lowest BCUT2D eigenvalue weighted by molar-refractivity contribution is -0.138. The average Bonchev–Trinajstić information content (AvgIpc) is 3.19. The van der Waals surface area contributed by atoms with Crippen LogP contribution in [0.1, 0.15) is 25.1 Å². The number of hydrogen-bond donors (Lipinski definition) is 0. The van der Waals surface area contributed by atoms with Gasteiger partial charge in [-0.3, -0.25) is 4.79 Å². The van der Waals surface area contributed by atoms with E-state index in [4.69, 9.17) is 14.0 Å². The lowest BCUT2D eigenvalue weighted by atomic mass is 9.92. The zero-order valence-corrected chi connectivity index (χ0v) is 16.1. The van der Waals surface area contributed by atoms with Gasteiger partial charge in [-0.05, 0) is 49.4 Å². The standard InChI is InChI=1S/C20H26FN3O4/c1-26-12-13-27-14-19(25)24-10-8-15(9-11-24)2-7-18-22-20(28-23-18)16-3-5-17(21)6-4-16/h3-6,15H,2,7-14H2,1H3. The predicted octanol–water partition coefficient (Wildman–Crippen LogP) is 2.71. The molecule has 0 bridgehead atoms. The largest absolute Gasteiger partial charge is 0.382 e. The van der Waals surface area contributed by atoms with E-state index < -0.39 is 0 Å². The first kappa shape index (κ1) is 20.4. The molecule has 1 amide bonds. The number of likely N-dealkylation sites (tertiary alicyclic amines) is 1. The fraction of sp³-hybridized carbons (Fsp3) is 0.550. The van der Waals surface area contributed by atoms with Gasteiger partial charge in [-0.15, -0.1) is 0 Å². The number of amides is 1. The fourth-order valence-electron chi connectivity index (χ4n) is 3.26. The smallest absolute Gasteiger partial charge is 0.257 e. The Labute approximate surface area is 163 Å². The maximum atomic E-state index is 13.0. The zero-order chi connectivity index (χ0) is 19.8. The normalized spacial score (nSPS) is 15.1. The summed E-state index contributed by atoms with van der Waals surface area (Å²) >= 11 is 0. The predicted molar refractivity (Wildman–Crippen MR) is 100 cm³/mol. The molecule has 8 heteroatoms. The number of methoxy groups -OCH3 is 1. The van der Waals surface area contributed by atoms with E-state index in [0.717, 1.165) is 38.8 Å². The second-order valence-corrected chi connectivity index (χ2v) is 6.93. The number of aryl methyl sites for hydroxylation is 1. The maximum absolute atomic E-state index is 13.0. The number of aromatic nitrogens is 2. The SMILES string of the molecule is COCCOCC(=O)N1CCC(CCc2noc(-c3ccc(F)cc3)n2)CC1. The third-order valence-corrected chi connectivity index (χ3v) is 4.96. The van der Waals surface area contributed by atoms with Gasteiger partial charge in [0.25, 0.3) is 5.89 Å². The van der Waals surface area contributed by atoms with Crippen LogP contribution in [0.25, 0.3) is 11.5 Å². The number of carbonyl (C=O) groups is 1. The highest BCUT2D eigenvalue weighted by Gasteiger charge is 2.23. The zero-order valence-electron chi connectivity index (χ0n) is 16.1. The third-order valence-electron chi connectivity index (χ3n) is 4.96. The topological polar surface area (TPSA) is 77.7 Å². The second kappa shape index (κ2) is 10.3. The first-order valence-electron chi connectivity index (χ1n) is 9.58. The van der Waals surface area contributed by atoms with Crippen molar-refractivity contribution in [3.05, 3.63) is 35.9 Å². The molecule has 0 N–H and O–H groups in total. The minimum Gasteiger partial charge on any atom is -0.382 e. The van der Waals surface area contributed by atoms with Crippen LogP contribution in [0.2, 0.25) is 0 Å². The van der Waals surface area contributed by atoms with Gasteiger partial charge in [0.05, 0.1) is 13.2 Å². The number of halogens is 1. The Hall–Kier alpha value is -2.32. The van der Waals surface area contributed by atoms with Crippen LogP contribution in [0.4, 0.5) is 4.39 Å². The molecule has 1 aliphatic heterocycles. The van der Waals surface area contributed by atoms with Crippen molar-refractivity contribution in [2.75, 3.05) is 40.0 Å². The van der Waals surface area contributed by atoms with Crippen molar-refractivity contribution >= 4 is 5.91 Å². The Morgan fingerprint density at radius 1 is 1.25 bits per heavy atom. The monoisotopic (exact) mass is 391 g/mol. The molecule has 2 heterocycles. The maximum Gasteiger partial charge on any atom is 0.257 e. The average molecular weight is 391 g/mol. The quantitative estimate of drug-likeness (QED) is 0.612. The number of benzene rings is 1. The lowest BCUT2D eigenvalue weighted by Gasteiger charge is -2.31. The Morgan fingerprint density at radius 2 is 2.00 bits per heavy atom. The molecule has 2 aromatic rings. The van der Waals surface area contributed by atoms with Gasteiger partial charge >= 0.3 is 0 Å². The van der Waals surface area contributed by atoms with Crippen molar-refractivity contribution in [3.63, 3.8) is 0 Å². The summed E-state index contributed by atoms with van der Waals surface area (Å²) < 4.78 is 28.5. The third kappa shape index (κ3) is 5.84. The molecule has 1 saturated heterocycles. The highest BCUT2D eigenvalue weighted by atomic mass is 19.1. The Morgan fingerprint density at radius 3 is 2.71 bits per heavy atom. The van der Waals surface area contributed by atoms with E-state index in [2.05, 4.69) is 10.1 Å². The van der Waals surface area contributed by atoms with E-state index in [1.165, 1.54) is 12.1 Å². The van der Waals surface area contributed by atoms with Gasteiger partial charge in [0.2, 0.25) is 5.91 Å². The molecule has 0 saturated carbocycles. The number of hydrogen-bond acceptors (Lipinski definition) is 6. The highest BCUT2D eigenvalue weighted by Crippen LogP contribution is 2.23. The molecule has 0 unspecified atom stereocenters. The van der Waals surface area contributed by atoms with Crippen LogP contribution in [0, 0.1) is 11.7 Å². The molecule has 1 aromatic heterocycles. The number of ether oxygens (including phenoxy) is 2. The van der Waals surface area contributed by atoms with E-state index in [-0.39, 0.29) is 18.3 Å². The summed E-state index contributed by atoms with van der Waals surface area (Å²) in [7, 11) is 1.61. The van der Waals surface area contributed by atoms with Gasteiger partial charge in [0, 0.05) is 32.2 Å². The number of piperidine rings is 1. The molecule has 7 nitrogen and oxygen atoms in total. The van der Waals surface area contributed by atoms with E-state index in [1.807, 2.05) is 4.90 Å². The van der Waals surface area contributed by atoms with Crippen LogP contribution in [0.5, 0.6) is 0 Å². The van der Waals surface area contributed by atoms with Crippen LogP contribution in [-0.2, 0) is 20.7 Å². The molecule has 28 heavy (non-hydrogen) atoms. The van der Waals surface area contributed by atoms with Gasteiger partial charge in [0.1, 0.15) is 12.4 Å². The highest BCUT2D eigenvalue weighted by molar-refractivity contribution is 5.77. The molecular formula is C20H26FN3O4. The van der Waals surface area contributed by atoms with Crippen molar-refractivity contribution in [1.29, 1.82) is 0 Å². The molecule has 0 atom stereocenters. The van der Waals surface area contributed by atoms with Crippen molar-refractivity contribution in [2.45, 2.75) is 25.7 Å². The van der Waals surface area contributed by atoms with Crippen LogP contribution >= 0.6 is 0 Å². The molecule has 0 aliphatic carbocycles. The summed E-state index contributed by atoms with van der Waals surface area (Å²) in [6.45, 7) is 2.55. The van der Waals surface area contributed by atoms with Gasteiger partial charge in [0.15, 0.2) is 5.82 Å². The first-order valence-corrected chi connectivity index (χ1v) is 9.58. The molecule has 1 aliphatic rings.